The van der Waals surface area contributed by atoms with E-state index in [9.17, 15) is 0 Å². The first-order valence-corrected chi connectivity index (χ1v) is 6.92. The lowest BCUT2D eigenvalue weighted by molar-refractivity contribution is 0.901. The number of anilines is 1. The number of aryl methyl sites for hydroxylation is 2. The lowest BCUT2D eigenvalue weighted by Gasteiger charge is -2.23. The normalized spacial score (nSPS) is 10.5. The zero-order valence-corrected chi connectivity index (χ0v) is 12.4. The molecule has 3 heteroatoms. The SMILES string of the molecule is Cc1cc(N(C)Cc2ccccc2C)c(CCl)cn1. The first kappa shape index (κ1) is 13.9. The molecule has 0 atom stereocenters. The number of halogens is 1. The largest absolute Gasteiger partial charge is 0.370 e. The number of benzene rings is 1. The van der Waals surface area contributed by atoms with Crippen molar-refractivity contribution in [2.45, 2.75) is 26.3 Å². The molecule has 2 nitrogen and oxygen atoms in total. The van der Waals surface area contributed by atoms with E-state index in [0.29, 0.717) is 5.88 Å². The number of alkyl halides is 1. The molecule has 19 heavy (non-hydrogen) atoms. The van der Waals surface area contributed by atoms with Gasteiger partial charge in [0, 0.05) is 36.7 Å². The Hall–Kier alpha value is -1.54. The number of pyridine rings is 1. The molecule has 0 aliphatic carbocycles. The van der Waals surface area contributed by atoms with Crippen LogP contribution in [-0.4, -0.2) is 12.0 Å². The molecule has 0 spiro atoms. The van der Waals surface area contributed by atoms with Crippen LogP contribution in [0.4, 0.5) is 5.69 Å². The van der Waals surface area contributed by atoms with Gasteiger partial charge in [0.15, 0.2) is 0 Å². The predicted octanol–water partition coefficient (Wildman–Crippen LogP) is 4.07. The van der Waals surface area contributed by atoms with E-state index in [1.165, 1.54) is 11.1 Å². The van der Waals surface area contributed by atoms with Gasteiger partial charge in [0.2, 0.25) is 0 Å². The summed E-state index contributed by atoms with van der Waals surface area (Å²) in [7, 11) is 2.09. The molecule has 100 valence electrons. The Morgan fingerprint density at radius 1 is 1.16 bits per heavy atom. The summed E-state index contributed by atoms with van der Waals surface area (Å²) in [5, 5.41) is 0. The fraction of sp³-hybridized carbons (Fsp3) is 0.312. The third-order valence-corrected chi connectivity index (χ3v) is 3.61. The van der Waals surface area contributed by atoms with Crippen LogP contribution in [0.3, 0.4) is 0 Å². The Labute approximate surface area is 120 Å². The molecule has 1 heterocycles. The molecule has 0 saturated carbocycles. The number of rotatable bonds is 4. The molecule has 0 aliphatic rings. The summed E-state index contributed by atoms with van der Waals surface area (Å²) in [6.45, 7) is 5.02. The van der Waals surface area contributed by atoms with Crippen LogP contribution < -0.4 is 4.90 Å². The maximum absolute atomic E-state index is 6.00. The van der Waals surface area contributed by atoms with Crippen molar-refractivity contribution in [1.82, 2.24) is 4.98 Å². The molecule has 0 unspecified atom stereocenters. The zero-order chi connectivity index (χ0) is 13.8. The van der Waals surface area contributed by atoms with Gasteiger partial charge >= 0.3 is 0 Å². The minimum atomic E-state index is 0.487. The number of nitrogens with zero attached hydrogens (tertiary/aromatic N) is 2. The molecular weight excluding hydrogens is 256 g/mol. The van der Waals surface area contributed by atoms with E-state index in [1.807, 2.05) is 13.1 Å². The average molecular weight is 275 g/mol. The molecule has 2 rings (SSSR count). The smallest absolute Gasteiger partial charge is 0.0509 e. The number of hydrogen-bond acceptors (Lipinski definition) is 2. The molecule has 0 saturated heterocycles. The topological polar surface area (TPSA) is 16.1 Å². The van der Waals surface area contributed by atoms with Crippen molar-refractivity contribution in [3.63, 3.8) is 0 Å². The van der Waals surface area contributed by atoms with Crippen molar-refractivity contribution < 1.29 is 0 Å². The van der Waals surface area contributed by atoms with E-state index in [2.05, 4.69) is 54.2 Å². The van der Waals surface area contributed by atoms with Crippen LogP contribution in [0.25, 0.3) is 0 Å². The second kappa shape index (κ2) is 6.07. The second-order valence-electron chi connectivity index (χ2n) is 4.87. The Balaban J connectivity index is 2.27. The number of aromatic nitrogens is 1. The molecule has 0 radical (unpaired) electrons. The lowest BCUT2D eigenvalue weighted by atomic mass is 10.1. The molecule has 0 aliphatic heterocycles. The van der Waals surface area contributed by atoms with Crippen LogP contribution >= 0.6 is 11.6 Å². The minimum Gasteiger partial charge on any atom is -0.370 e. The van der Waals surface area contributed by atoms with E-state index < -0.39 is 0 Å². The molecule has 2 aromatic rings. The third-order valence-electron chi connectivity index (χ3n) is 3.32. The molecule has 0 amide bonds. The Kier molecular flexibility index (Phi) is 4.43. The van der Waals surface area contributed by atoms with E-state index in [1.54, 1.807) is 0 Å². The van der Waals surface area contributed by atoms with E-state index in [0.717, 1.165) is 23.5 Å². The standard InChI is InChI=1S/C16H19ClN2/c1-12-6-4-5-7-14(12)11-19(3)16-8-13(2)18-10-15(16)9-17/h4-8,10H,9,11H2,1-3H3. The van der Waals surface area contributed by atoms with Crippen molar-refractivity contribution in [3.8, 4) is 0 Å². The summed E-state index contributed by atoms with van der Waals surface area (Å²) < 4.78 is 0. The van der Waals surface area contributed by atoms with Gasteiger partial charge in [-0.1, -0.05) is 24.3 Å². The van der Waals surface area contributed by atoms with E-state index in [-0.39, 0.29) is 0 Å². The first-order chi connectivity index (χ1) is 9.11. The van der Waals surface area contributed by atoms with Gasteiger partial charge in [0.1, 0.15) is 0 Å². The quantitative estimate of drug-likeness (QED) is 0.781. The fourth-order valence-electron chi connectivity index (χ4n) is 2.16. The summed E-state index contributed by atoms with van der Waals surface area (Å²) in [5.74, 6) is 0.487. The highest BCUT2D eigenvalue weighted by Gasteiger charge is 2.09. The third kappa shape index (κ3) is 3.27. The van der Waals surface area contributed by atoms with Gasteiger partial charge in [-0.05, 0) is 31.0 Å². The first-order valence-electron chi connectivity index (χ1n) is 6.39. The summed E-state index contributed by atoms with van der Waals surface area (Å²) in [4.78, 5) is 6.54. The number of hydrogen-bond donors (Lipinski definition) is 0. The fourth-order valence-corrected chi connectivity index (χ4v) is 2.37. The van der Waals surface area contributed by atoms with Gasteiger partial charge in [0.25, 0.3) is 0 Å². The van der Waals surface area contributed by atoms with Crippen LogP contribution in [-0.2, 0) is 12.4 Å². The Morgan fingerprint density at radius 3 is 2.58 bits per heavy atom. The van der Waals surface area contributed by atoms with Gasteiger partial charge in [0.05, 0.1) is 5.88 Å². The summed E-state index contributed by atoms with van der Waals surface area (Å²) in [6.07, 6.45) is 1.87. The second-order valence-corrected chi connectivity index (χ2v) is 5.14. The van der Waals surface area contributed by atoms with Crippen molar-refractivity contribution in [2.24, 2.45) is 0 Å². The van der Waals surface area contributed by atoms with Gasteiger partial charge in [-0.15, -0.1) is 11.6 Å². The van der Waals surface area contributed by atoms with Crippen molar-refractivity contribution in [2.75, 3.05) is 11.9 Å². The van der Waals surface area contributed by atoms with Gasteiger partial charge < -0.3 is 4.90 Å². The monoisotopic (exact) mass is 274 g/mol. The highest BCUT2D eigenvalue weighted by molar-refractivity contribution is 6.17. The van der Waals surface area contributed by atoms with Crippen molar-refractivity contribution >= 4 is 17.3 Å². The lowest BCUT2D eigenvalue weighted by Crippen LogP contribution is -2.18. The van der Waals surface area contributed by atoms with Crippen LogP contribution in [0.5, 0.6) is 0 Å². The Morgan fingerprint density at radius 2 is 1.89 bits per heavy atom. The van der Waals surface area contributed by atoms with Crippen LogP contribution in [0, 0.1) is 13.8 Å². The van der Waals surface area contributed by atoms with Crippen molar-refractivity contribution in [1.29, 1.82) is 0 Å². The maximum atomic E-state index is 6.00. The Bertz CT molecular complexity index is 566. The summed E-state index contributed by atoms with van der Waals surface area (Å²) in [5.41, 5.74) is 5.89. The highest BCUT2D eigenvalue weighted by atomic mass is 35.5. The van der Waals surface area contributed by atoms with Crippen LogP contribution in [0.15, 0.2) is 36.5 Å². The van der Waals surface area contributed by atoms with Crippen LogP contribution in [0.2, 0.25) is 0 Å². The minimum absolute atomic E-state index is 0.487. The molecule has 1 aromatic carbocycles. The molecule has 0 bridgehead atoms. The average Bonchev–Trinajstić information content (AvgIpc) is 2.41. The van der Waals surface area contributed by atoms with E-state index in [4.69, 9.17) is 11.6 Å². The summed E-state index contributed by atoms with van der Waals surface area (Å²) in [6, 6.07) is 10.6. The van der Waals surface area contributed by atoms with Crippen molar-refractivity contribution in [3.05, 3.63) is 58.9 Å². The van der Waals surface area contributed by atoms with Gasteiger partial charge in [-0.25, -0.2) is 0 Å². The van der Waals surface area contributed by atoms with E-state index >= 15 is 0 Å². The molecule has 0 fully saturated rings. The molecular formula is C16H19ClN2. The summed E-state index contributed by atoms with van der Waals surface area (Å²) >= 11 is 6.00. The predicted molar refractivity (Wildman–Crippen MR) is 81.8 cm³/mol. The maximum Gasteiger partial charge on any atom is 0.0509 e. The molecule has 1 aromatic heterocycles. The van der Waals surface area contributed by atoms with Gasteiger partial charge in [-0.3, -0.25) is 4.98 Å². The molecule has 0 N–H and O–H groups in total. The highest BCUT2D eigenvalue weighted by Crippen LogP contribution is 2.23. The zero-order valence-electron chi connectivity index (χ0n) is 11.7. The van der Waals surface area contributed by atoms with Crippen LogP contribution in [0.1, 0.15) is 22.4 Å². The van der Waals surface area contributed by atoms with Gasteiger partial charge in [-0.2, -0.15) is 0 Å².